The Kier molecular flexibility index (Phi) is 4.26. The van der Waals surface area contributed by atoms with Gasteiger partial charge in [-0.2, -0.15) is 0 Å². The molecule has 3 N–H and O–H groups in total. The minimum Gasteiger partial charge on any atom is -0.399 e. The number of nitrogen functional groups attached to an aromatic ring is 1. The van der Waals surface area contributed by atoms with Gasteiger partial charge in [-0.3, -0.25) is 4.90 Å². The van der Waals surface area contributed by atoms with Crippen LogP contribution in [0.15, 0.2) is 24.3 Å². The Morgan fingerprint density at radius 3 is 2.76 bits per heavy atom. The van der Waals surface area contributed by atoms with E-state index in [9.17, 15) is 0 Å². The van der Waals surface area contributed by atoms with E-state index in [-0.39, 0.29) is 0 Å². The van der Waals surface area contributed by atoms with E-state index < -0.39 is 0 Å². The van der Waals surface area contributed by atoms with Gasteiger partial charge in [-0.1, -0.05) is 12.5 Å². The normalized spacial score (nSPS) is 18.9. The molecule has 0 aromatic heterocycles. The molecule has 0 saturated carbocycles. The van der Waals surface area contributed by atoms with Crippen molar-refractivity contribution in [2.45, 2.75) is 32.2 Å². The van der Waals surface area contributed by atoms with Gasteiger partial charge in [0, 0.05) is 24.0 Å². The minimum absolute atomic E-state index is 0.594. The number of anilines is 2. The first kappa shape index (κ1) is 12.2. The number of rotatable bonds is 4. The summed E-state index contributed by atoms with van der Waals surface area (Å²) >= 11 is 0. The van der Waals surface area contributed by atoms with Gasteiger partial charge >= 0.3 is 0 Å². The standard InChI is InChI=1S/C14H23N3/c1-12(17-8-3-2-4-9-17)11-16-14-7-5-6-13(15)10-14/h5-7,10,12,16H,2-4,8-9,11,15H2,1H3. The number of hydrogen-bond acceptors (Lipinski definition) is 3. The van der Waals surface area contributed by atoms with E-state index in [4.69, 9.17) is 5.73 Å². The Bertz CT molecular complexity index is 345. The van der Waals surface area contributed by atoms with E-state index in [1.807, 2.05) is 18.2 Å². The quantitative estimate of drug-likeness (QED) is 0.785. The molecule has 1 fully saturated rings. The zero-order valence-electron chi connectivity index (χ0n) is 10.7. The van der Waals surface area contributed by atoms with Crippen molar-refractivity contribution in [1.82, 2.24) is 4.90 Å². The van der Waals surface area contributed by atoms with Crippen molar-refractivity contribution in [2.24, 2.45) is 0 Å². The third kappa shape index (κ3) is 3.63. The molecule has 1 unspecified atom stereocenters. The summed E-state index contributed by atoms with van der Waals surface area (Å²) in [6.07, 6.45) is 4.09. The van der Waals surface area contributed by atoms with Crippen LogP contribution >= 0.6 is 0 Å². The predicted molar refractivity (Wildman–Crippen MR) is 74.2 cm³/mol. The molecule has 0 spiro atoms. The van der Waals surface area contributed by atoms with Crippen LogP contribution in [0.1, 0.15) is 26.2 Å². The van der Waals surface area contributed by atoms with Crippen molar-refractivity contribution in [1.29, 1.82) is 0 Å². The summed E-state index contributed by atoms with van der Waals surface area (Å²) < 4.78 is 0. The lowest BCUT2D eigenvalue weighted by Gasteiger charge is -2.32. The summed E-state index contributed by atoms with van der Waals surface area (Å²) in [6, 6.07) is 8.56. The van der Waals surface area contributed by atoms with Crippen LogP contribution in [0.3, 0.4) is 0 Å². The van der Waals surface area contributed by atoms with E-state index in [2.05, 4.69) is 23.2 Å². The van der Waals surface area contributed by atoms with Gasteiger partial charge in [0.25, 0.3) is 0 Å². The summed E-state index contributed by atoms with van der Waals surface area (Å²) in [6.45, 7) is 5.79. The van der Waals surface area contributed by atoms with Gasteiger partial charge in [0.2, 0.25) is 0 Å². The molecule has 1 heterocycles. The van der Waals surface area contributed by atoms with Crippen LogP contribution in [0.2, 0.25) is 0 Å². The smallest absolute Gasteiger partial charge is 0.0361 e. The Morgan fingerprint density at radius 2 is 2.06 bits per heavy atom. The van der Waals surface area contributed by atoms with E-state index >= 15 is 0 Å². The van der Waals surface area contributed by atoms with Crippen LogP contribution in [-0.4, -0.2) is 30.6 Å². The fraction of sp³-hybridized carbons (Fsp3) is 0.571. The average molecular weight is 233 g/mol. The molecule has 1 atom stereocenters. The maximum atomic E-state index is 5.76. The molecule has 1 saturated heterocycles. The molecule has 0 bridgehead atoms. The van der Waals surface area contributed by atoms with Crippen molar-refractivity contribution in [2.75, 3.05) is 30.7 Å². The first-order chi connectivity index (χ1) is 8.25. The maximum Gasteiger partial charge on any atom is 0.0361 e. The zero-order chi connectivity index (χ0) is 12.1. The van der Waals surface area contributed by atoms with Gasteiger partial charge in [0.15, 0.2) is 0 Å². The summed E-state index contributed by atoms with van der Waals surface area (Å²) in [4.78, 5) is 2.57. The second-order valence-corrected chi connectivity index (χ2v) is 4.95. The van der Waals surface area contributed by atoms with Gasteiger partial charge < -0.3 is 11.1 Å². The SMILES string of the molecule is CC(CNc1cccc(N)c1)N1CCCCC1. The lowest BCUT2D eigenvalue weighted by atomic mass is 10.1. The molecule has 1 aliphatic heterocycles. The highest BCUT2D eigenvalue weighted by Crippen LogP contribution is 2.14. The molecule has 2 rings (SSSR count). The number of piperidine rings is 1. The van der Waals surface area contributed by atoms with E-state index in [1.165, 1.54) is 32.4 Å². The van der Waals surface area contributed by atoms with Crippen molar-refractivity contribution in [3.8, 4) is 0 Å². The fourth-order valence-corrected chi connectivity index (χ4v) is 2.40. The number of likely N-dealkylation sites (tertiary alicyclic amines) is 1. The molecule has 17 heavy (non-hydrogen) atoms. The molecule has 0 amide bonds. The number of benzene rings is 1. The highest BCUT2D eigenvalue weighted by atomic mass is 15.2. The number of hydrogen-bond donors (Lipinski definition) is 2. The van der Waals surface area contributed by atoms with Crippen LogP contribution in [-0.2, 0) is 0 Å². The first-order valence-electron chi connectivity index (χ1n) is 6.59. The molecule has 0 radical (unpaired) electrons. The van der Waals surface area contributed by atoms with Crippen LogP contribution in [0.4, 0.5) is 11.4 Å². The number of nitrogens with zero attached hydrogens (tertiary/aromatic N) is 1. The molecule has 3 nitrogen and oxygen atoms in total. The minimum atomic E-state index is 0.594. The Hall–Kier alpha value is -1.22. The monoisotopic (exact) mass is 233 g/mol. The summed E-state index contributed by atoms with van der Waals surface area (Å²) in [5, 5.41) is 3.46. The Labute approximate surface area is 104 Å². The predicted octanol–water partition coefficient (Wildman–Crippen LogP) is 2.56. The van der Waals surface area contributed by atoms with Gasteiger partial charge in [-0.25, -0.2) is 0 Å². The molecule has 3 heteroatoms. The summed E-state index contributed by atoms with van der Waals surface area (Å²) in [5.41, 5.74) is 7.70. The second-order valence-electron chi connectivity index (χ2n) is 4.95. The molecular weight excluding hydrogens is 210 g/mol. The highest BCUT2D eigenvalue weighted by molar-refractivity contribution is 5.54. The van der Waals surface area contributed by atoms with Crippen LogP contribution < -0.4 is 11.1 Å². The van der Waals surface area contributed by atoms with E-state index in [0.29, 0.717) is 6.04 Å². The number of nitrogens with one attached hydrogen (secondary N) is 1. The Balaban J connectivity index is 1.80. The Morgan fingerprint density at radius 1 is 1.29 bits per heavy atom. The van der Waals surface area contributed by atoms with E-state index in [0.717, 1.165) is 17.9 Å². The molecule has 1 aliphatic rings. The summed E-state index contributed by atoms with van der Waals surface area (Å²) in [7, 11) is 0. The third-order valence-electron chi connectivity index (χ3n) is 3.50. The van der Waals surface area contributed by atoms with Crippen molar-refractivity contribution >= 4 is 11.4 Å². The van der Waals surface area contributed by atoms with E-state index in [1.54, 1.807) is 0 Å². The molecular formula is C14H23N3. The van der Waals surface area contributed by atoms with Crippen molar-refractivity contribution < 1.29 is 0 Å². The van der Waals surface area contributed by atoms with Crippen molar-refractivity contribution in [3.05, 3.63) is 24.3 Å². The molecule has 94 valence electrons. The van der Waals surface area contributed by atoms with Crippen LogP contribution in [0.25, 0.3) is 0 Å². The van der Waals surface area contributed by atoms with Crippen molar-refractivity contribution in [3.63, 3.8) is 0 Å². The molecule has 1 aromatic rings. The average Bonchev–Trinajstić information content (AvgIpc) is 2.37. The lowest BCUT2D eigenvalue weighted by molar-refractivity contribution is 0.180. The highest BCUT2D eigenvalue weighted by Gasteiger charge is 2.15. The maximum absolute atomic E-state index is 5.76. The number of nitrogens with two attached hydrogens (primary N) is 1. The lowest BCUT2D eigenvalue weighted by Crippen LogP contribution is -2.41. The zero-order valence-corrected chi connectivity index (χ0v) is 10.7. The van der Waals surface area contributed by atoms with Crippen LogP contribution in [0.5, 0.6) is 0 Å². The van der Waals surface area contributed by atoms with Crippen LogP contribution in [0, 0.1) is 0 Å². The second kappa shape index (κ2) is 5.92. The van der Waals surface area contributed by atoms with Gasteiger partial charge in [0.05, 0.1) is 0 Å². The molecule has 0 aliphatic carbocycles. The van der Waals surface area contributed by atoms with Gasteiger partial charge in [-0.15, -0.1) is 0 Å². The third-order valence-corrected chi connectivity index (χ3v) is 3.50. The van der Waals surface area contributed by atoms with Gasteiger partial charge in [0.1, 0.15) is 0 Å². The molecule has 1 aromatic carbocycles. The first-order valence-corrected chi connectivity index (χ1v) is 6.59. The van der Waals surface area contributed by atoms with Gasteiger partial charge in [-0.05, 0) is 51.1 Å². The fourth-order valence-electron chi connectivity index (χ4n) is 2.40. The largest absolute Gasteiger partial charge is 0.399 e. The topological polar surface area (TPSA) is 41.3 Å². The summed E-state index contributed by atoms with van der Waals surface area (Å²) in [5.74, 6) is 0.